The van der Waals surface area contributed by atoms with E-state index in [1.54, 1.807) is 37.3 Å². The molecule has 3 N–H and O–H groups in total. The predicted molar refractivity (Wildman–Crippen MR) is 107 cm³/mol. The third-order valence-corrected chi connectivity index (χ3v) is 4.11. The maximum absolute atomic E-state index is 12.1. The number of hydrogen-bond donors (Lipinski definition) is 3. The Bertz CT molecular complexity index is 855. The Kier molecular flexibility index (Phi) is 8.02. The van der Waals surface area contributed by atoms with E-state index in [0.717, 1.165) is 11.1 Å². The van der Waals surface area contributed by atoms with Crippen molar-refractivity contribution in [2.45, 2.75) is 26.9 Å². The lowest BCUT2D eigenvalue weighted by molar-refractivity contribution is -0.133. The molecule has 0 heterocycles. The summed E-state index contributed by atoms with van der Waals surface area (Å²) in [6.45, 7) is 4.91. The van der Waals surface area contributed by atoms with Crippen LogP contribution < -0.4 is 25.6 Å². The van der Waals surface area contributed by atoms with E-state index in [0.29, 0.717) is 11.5 Å². The van der Waals surface area contributed by atoms with Crippen LogP contribution in [0.5, 0.6) is 11.5 Å². The molecule has 0 unspecified atom stereocenters. The van der Waals surface area contributed by atoms with E-state index < -0.39 is 23.8 Å². The second-order valence-electron chi connectivity index (χ2n) is 6.37. The Morgan fingerprint density at radius 1 is 0.931 bits per heavy atom. The fraction of sp³-hybridized carbons (Fsp3) is 0.286. The Morgan fingerprint density at radius 2 is 1.66 bits per heavy atom. The zero-order valence-electron chi connectivity index (χ0n) is 16.7. The molecule has 29 heavy (non-hydrogen) atoms. The number of hydrogen-bond acceptors (Lipinski definition) is 5. The molecular formula is C21H25N3O5. The van der Waals surface area contributed by atoms with Gasteiger partial charge in [0.1, 0.15) is 11.5 Å². The average Bonchev–Trinajstić information content (AvgIpc) is 2.72. The summed E-state index contributed by atoms with van der Waals surface area (Å²) in [4.78, 5) is 35.6. The van der Waals surface area contributed by atoms with Crippen LogP contribution in [-0.2, 0) is 14.4 Å². The summed E-state index contributed by atoms with van der Waals surface area (Å²) in [7, 11) is 0. The minimum Gasteiger partial charge on any atom is -0.484 e. The minimum absolute atomic E-state index is 0.218. The van der Waals surface area contributed by atoms with E-state index in [1.807, 2.05) is 32.0 Å². The summed E-state index contributed by atoms with van der Waals surface area (Å²) < 4.78 is 10.9. The summed E-state index contributed by atoms with van der Waals surface area (Å²) in [6, 6.07) is 14.4. The van der Waals surface area contributed by atoms with Gasteiger partial charge in [0.05, 0.1) is 6.54 Å². The molecule has 0 radical (unpaired) electrons. The van der Waals surface area contributed by atoms with Crippen molar-refractivity contribution in [2.75, 3.05) is 13.2 Å². The number of para-hydroxylation sites is 1. The van der Waals surface area contributed by atoms with Crippen molar-refractivity contribution < 1.29 is 23.9 Å². The maximum Gasteiger partial charge on any atom is 0.279 e. The molecule has 0 spiro atoms. The van der Waals surface area contributed by atoms with E-state index in [1.165, 1.54) is 0 Å². The largest absolute Gasteiger partial charge is 0.484 e. The molecule has 0 bridgehead atoms. The van der Waals surface area contributed by atoms with Crippen molar-refractivity contribution in [2.24, 2.45) is 0 Å². The molecule has 8 nitrogen and oxygen atoms in total. The summed E-state index contributed by atoms with van der Waals surface area (Å²) in [5.74, 6) is -0.396. The summed E-state index contributed by atoms with van der Waals surface area (Å²) in [5.41, 5.74) is 6.49. The number of carbonyl (C=O) groups is 3. The number of rotatable bonds is 8. The van der Waals surface area contributed by atoms with Gasteiger partial charge in [0.15, 0.2) is 12.7 Å². The molecule has 0 fully saturated rings. The van der Waals surface area contributed by atoms with Gasteiger partial charge in [-0.1, -0.05) is 30.3 Å². The smallest absolute Gasteiger partial charge is 0.279 e. The molecule has 2 rings (SSSR count). The van der Waals surface area contributed by atoms with Gasteiger partial charge in [-0.05, 0) is 50.1 Å². The number of benzene rings is 2. The van der Waals surface area contributed by atoms with E-state index in [-0.39, 0.29) is 13.2 Å². The predicted octanol–water partition coefficient (Wildman–Crippen LogP) is 1.41. The zero-order valence-corrected chi connectivity index (χ0v) is 16.7. The van der Waals surface area contributed by atoms with Gasteiger partial charge in [0.2, 0.25) is 0 Å². The van der Waals surface area contributed by atoms with E-state index in [2.05, 4.69) is 16.2 Å². The van der Waals surface area contributed by atoms with Crippen molar-refractivity contribution in [1.82, 2.24) is 16.2 Å². The van der Waals surface area contributed by atoms with Crippen molar-refractivity contribution >= 4 is 17.7 Å². The van der Waals surface area contributed by atoms with E-state index in [9.17, 15) is 14.4 Å². The lowest BCUT2D eigenvalue weighted by atomic mass is 10.1. The minimum atomic E-state index is -0.815. The van der Waals surface area contributed by atoms with Crippen molar-refractivity contribution in [3.05, 3.63) is 59.7 Å². The Hall–Kier alpha value is -3.55. The molecule has 3 amide bonds. The molecule has 0 aliphatic rings. The lowest BCUT2D eigenvalue weighted by Crippen LogP contribution is -2.50. The second-order valence-corrected chi connectivity index (χ2v) is 6.37. The molecule has 2 aromatic carbocycles. The summed E-state index contributed by atoms with van der Waals surface area (Å²) in [5, 5.41) is 2.40. The fourth-order valence-corrected chi connectivity index (χ4v) is 2.27. The quantitative estimate of drug-likeness (QED) is 0.582. The summed E-state index contributed by atoms with van der Waals surface area (Å²) >= 11 is 0. The van der Waals surface area contributed by atoms with Gasteiger partial charge in [-0.3, -0.25) is 25.2 Å². The topological polar surface area (TPSA) is 106 Å². The van der Waals surface area contributed by atoms with Crippen LogP contribution in [0.25, 0.3) is 0 Å². The van der Waals surface area contributed by atoms with Crippen LogP contribution in [0.1, 0.15) is 18.1 Å². The van der Waals surface area contributed by atoms with Crippen molar-refractivity contribution in [1.29, 1.82) is 0 Å². The van der Waals surface area contributed by atoms with E-state index >= 15 is 0 Å². The van der Waals surface area contributed by atoms with Crippen LogP contribution in [0.15, 0.2) is 48.5 Å². The lowest BCUT2D eigenvalue weighted by Gasteiger charge is -2.17. The molecule has 0 saturated heterocycles. The zero-order chi connectivity index (χ0) is 21.2. The Balaban J connectivity index is 1.67. The van der Waals surface area contributed by atoms with Crippen LogP contribution in [0.4, 0.5) is 0 Å². The first kappa shape index (κ1) is 21.7. The SMILES string of the molecule is Cc1cccc(O[C@H](C)C(=O)NNC(=O)CNC(=O)COc2ccccc2)c1C. The first-order valence-electron chi connectivity index (χ1n) is 9.13. The monoisotopic (exact) mass is 399 g/mol. The van der Waals surface area contributed by atoms with Gasteiger partial charge in [-0.25, -0.2) is 0 Å². The second kappa shape index (κ2) is 10.7. The van der Waals surface area contributed by atoms with Crippen LogP contribution in [0.3, 0.4) is 0 Å². The standard InChI is InChI=1S/C21H25N3O5/c1-14-8-7-11-18(15(14)2)29-16(3)21(27)24-23-19(25)12-22-20(26)13-28-17-9-5-4-6-10-17/h4-11,16H,12-13H2,1-3H3,(H,22,26)(H,23,25)(H,24,27)/t16-/m1/s1. The maximum atomic E-state index is 12.1. The van der Waals surface area contributed by atoms with Crippen LogP contribution in [-0.4, -0.2) is 37.0 Å². The van der Waals surface area contributed by atoms with Crippen LogP contribution in [0.2, 0.25) is 0 Å². The van der Waals surface area contributed by atoms with Crippen molar-refractivity contribution in [3.63, 3.8) is 0 Å². The highest BCUT2D eigenvalue weighted by atomic mass is 16.5. The number of ether oxygens (including phenoxy) is 2. The summed E-state index contributed by atoms with van der Waals surface area (Å²) in [6.07, 6.45) is -0.815. The molecule has 0 saturated carbocycles. The van der Waals surface area contributed by atoms with Gasteiger partial charge in [0, 0.05) is 0 Å². The molecule has 1 atom stereocenters. The molecule has 2 aromatic rings. The first-order valence-corrected chi connectivity index (χ1v) is 9.13. The number of aryl methyl sites for hydroxylation is 1. The fourth-order valence-electron chi connectivity index (χ4n) is 2.27. The highest BCUT2D eigenvalue weighted by Crippen LogP contribution is 2.21. The van der Waals surface area contributed by atoms with Crippen LogP contribution in [0, 0.1) is 13.8 Å². The van der Waals surface area contributed by atoms with Gasteiger partial charge in [-0.15, -0.1) is 0 Å². The van der Waals surface area contributed by atoms with Gasteiger partial charge >= 0.3 is 0 Å². The molecule has 0 aromatic heterocycles. The number of nitrogens with one attached hydrogen (secondary N) is 3. The van der Waals surface area contributed by atoms with Crippen LogP contribution >= 0.6 is 0 Å². The van der Waals surface area contributed by atoms with Crippen molar-refractivity contribution in [3.8, 4) is 11.5 Å². The molecule has 8 heteroatoms. The average molecular weight is 399 g/mol. The molecule has 154 valence electrons. The number of hydrazine groups is 1. The highest BCUT2D eigenvalue weighted by molar-refractivity contribution is 5.88. The van der Waals surface area contributed by atoms with Gasteiger partial charge in [-0.2, -0.15) is 0 Å². The molecule has 0 aliphatic carbocycles. The van der Waals surface area contributed by atoms with E-state index in [4.69, 9.17) is 9.47 Å². The normalized spacial score (nSPS) is 11.1. The third kappa shape index (κ3) is 7.17. The highest BCUT2D eigenvalue weighted by Gasteiger charge is 2.17. The third-order valence-electron chi connectivity index (χ3n) is 4.11. The number of amides is 3. The molecule has 0 aliphatic heterocycles. The molecular weight excluding hydrogens is 374 g/mol. The first-order chi connectivity index (χ1) is 13.9. The Morgan fingerprint density at radius 3 is 2.38 bits per heavy atom. The van der Waals surface area contributed by atoms with Gasteiger partial charge < -0.3 is 14.8 Å². The Labute approximate surface area is 169 Å². The van der Waals surface area contributed by atoms with Gasteiger partial charge in [0.25, 0.3) is 17.7 Å². The number of carbonyl (C=O) groups excluding carboxylic acids is 3.